The normalized spacial score (nSPS) is 14.8. The molecule has 0 saturated heterocycles. The Labute approximate surface area is 119 Å². The smallest absolute Gasteiger partial charge is 0.0813 e. The van der Waals surface area contributed by atoms with E-state index in [4.69, 9.17) is 0 Å². The molecule has 0 aromatic heterocycles. The van der Waals surface area contributed by atoms with Crippen LogP contribution in [-0.4, -0.2) is 29.6 Å². The molecule has 0 amide bonds. The number of aliphatic hydroxyl groups excluding tert-OH is 1. The minimum Gasteiger partial charge on any atom is -0.388 e. The van der Waals surface area contributed by atoms with Crippen molar-refractivity contribution in [2.45, 2.75) is 45.3 Å². The second kappa shape index (κ2) is 7.93. The van der Waals surface area contributed by atoms with Gasteiger partial charge in [0.25, 0.3) is 0 Å². The molecule has 0 heterocycles. The lowest BCUT2D eigenvalue weighted by atomic mass is 10.1. The van der Waals surface area contributed by atoms with Crippen LogP contribution in [0, 0.1) is 0 Å². The summed E-state index contributed by atoms with van der Waals surface area (Å²) in [5, 5.41) is 10.2. The van der Waals surface area contributed by atoms with E-state index in [-0.39, 0.29) is 0 Å². The molecule has 0 aliphatic carbocycles. The lowest BCUT2D eigenvalue weighted by molar-refractivity contribution is 0.136. The summed E-state index contributed by atoms with van der Waals surface area (Å²) in [5.74, 6) is 0. The fraction of sp³-hybridized carbons (Fsp3) is 0.600. The van der Waals surface area contributed by atoms with Crippen LogP contribution in [0.1, 0.15) is 44.8 Å². The van der Waals surface area contributed by atoms with Crippen LogP contribution >= 0.6 is 15.9 Å². The fourth-order valence-corrected chi connectivity index (χ4v) is 2.63. The van der Waals surface area contributed by atoms with Crippen LogP contribution in [0.25, 0.3) is 0 Å². The van der Waals surface area contributed by atoms with Gasteiger partial charge in [0.05, 0.1) is 6.10 Å². The van der Waals surface area contributed by atoms with Gasteiger partial charge in [-0.2, -0.15) is 0 Å². The van der Waals surface area contributed by atoms with Gasteiger partial charge in [0.2, 0.25) is 0 Å². The second-order valence-corrected chi connectivity index (χ2v) is 5.80. The third-order valence-electron chi connectivity index (χ3n) is 3.48. The number of nitrogens with zero attached hydrogens (tertiary/aromatic N) is 1. The molecule has 1 N–H and O–H groups in total. The lowest BCUT2D eigenvalue weighted by Gasteiger charge is -2.25. The summed E-state index contributed by atoms with van der Waals surface area (Å²) in [6, 6.07) is 8.47. The molecule has 2 unspecified atom stereocenters. The van der Waals surface area contributed by atoms with E-state index in [2.05, 4.69) is 41.7 Å². The van der Waals surface area contributed by atoms with Crippen LogP contribution in [0.3, 0.4) is 0 Å². The Bertz CT molecular complexity index is 356. The molecular weight excluding hydrogens is 290 g/mol. The predicted molar refractivity (Wildman–Crippen MR) is 80.7 cm³/mol. The zero-order chi connectivity index (χ0) is 13.5. The van der Waals surface area contributed by atoms with Gasteiger partial charge in [-0.25, -0.2) is 0 Å². The van der Waals surface area contributed by atoms with Crippen LogP contribution < -0.4 is 0 Å². The molecule has 0 bridgehead atoms. The third-order valence-corrected chi connectivity index (χ3v) is 4.20. The minimum absolute atomic E-state index is 0.392. The number of halogens is 1. The van der Waals surface area contributed by atoms with E-state index in [1.165, 1.54) is 12.8 Å². The second-order valence-electron chi connectivity index (χ2n) is 4.94. The van der Waals surface area contributed by atoms with Crippen LogP contribution in [0.2, 0.25) is 0 Å². The molecule has 0 saturated carbocycles. The number of benzene rings is 1. The standard InChI is InChI=1S/C15H24BrNO/c1-4-7-12(2)17(3)11-10-15(18)13-8-5-6-9-14(13)16/h5-6,8-9,12,15,18H,4,7,10-11H2,1-3H3. The Morgan fingerprint density at radius 2 is 1.94 bits per heavy atom. The maximum absolute atomic E-state index is 10.2. The molecule has 0 spiro atoms. The van der Waals surface area contributed by atoms with Crippen molar-refractivity contribution in [1.82, 2.24) is 4.90 Å². The zero-order valence-electron chi connectivity index (χ0n) is 11.6. The number of hydrogen-bond acceptors (Lipinski definition) is 2. The van der Waals surface area contributed by atoms with Crippen molar-refractivity contribution in [3.05, 3.63) is 34.3 Å². The van der Waals surface area contributed by atoms with Gasteiger partial charge in [-0.3, -0.25) is 0 Å². The maximum atomic E-state index is 10.2. The van der Waals surface area contributed by atoms with Crippen LogP contribution in [0.4, 0.5) is 0 Å². The topological polar surface area (TPSA) is 23.5 Å². The highest BCUT2D eigenvalue weighted by Crippen LogP contribution is 2.25. The zero-order valence-corrected chi connectivity index (χ0v) is 13.2. The molecule has 2 nitrogen and oxygen atoms in total. The SMILES string of the molecule is CCCC(C)N(C)CCC(O)c1ccccc1Br. The average Bonchev–Trinajstić information content (AvgIpc) is 2.36. The fourth-order valence-electron chi connectivity index (χ4n) is 2.09. The summed E-state index contributed by atoms with van der Waals surface area (Å²) >= 11 is 3.48. The third kappa shape index (κ3) is 4.71. The Morgan fingerprint density at radius 1 is 1.28 bits per heavy atom. The van der Waals surface area contributed by atoms with Gasteiger partial charge in [0.15, 0.2) is 0 Å². The van der Waals surface area contributed by atoms with E-state index >= 15 is 0 Å². The molecule has 0 aliphatic heterocycles. The quantitative estimate of drug-likeness (QED) is 0.822. The highest BCUT2D eigenvalue weighted by molar-refractivity contribution is 9.10. The minimum atomic E-state index is -0.392. The van der Waals surface area contributed by atoms with E-state index in [1.807, 2.05) is 24.3 Å². The molecule has 1 aromatic rings. The maximum Gasteiger partial charge on any atom is 0.0813 e. The van der Waals surface area contributed by atoms with E-state index < -0.39 is 6.10 Å². The Kier molecular flexibility index (Phi) is 6.90. The predicted octanol–water partition coefficient (Wildman–Crippen LogP) is 3.99. The molecular formula is C15H24BrNO. The van der Waals surface area contributed by atoms with Gasteiger partial charge in [-0.15, -0.1) is 0 Å². The first kappa shape index (κ1) is 15.7. The van der Waals surface area contributed by atoms with E-state index in [0.29, 0.717) is 6.04 Å². The first-order valence-corrected chi connectivity index (χ1v) is 7.48. The summed E-state index contributed by atoms with van der Waals surface area (Å²) in [7, 11) is 2.13. The van der Waals surface area contributed by atoms with E-state index in [9.17, 15) is 5.11 Å². The molecule has 1 aromatic carbocycles. The monoisotopic (exact) mass is 313 g/mol. The van der Waals surface area contributed by atoms with Gasteiger partial charge >= 0.3 is 0 Å². The molecule has 3 heteroatoms. The van der Waals surface area contributed by atoms with Crippen molar-refractivity contribution in [2.75, 3.05) is 13.6 Å². The lowest BCUT2D eigenvalue weighted by Crippen LogP contribution is -2.30. The number of aliphatic hydroxyl groups is 1. The highest BCUT2D eigenvalue weighted by Gasteiger charge is 2.13. The molecule has 18 heavy (non-hydrogen) atoms. The molecule has 1 rings (SSSR count). The largest absolute Gasteiger partial charge is 0.388 e. The first-order valence-electron chi connectivity index (χ1n) is 6.69. The van der Waals surface area contributed by atoms with Gasteiger partial charge in [-0.05, 0) is 38.4 Å². The summed E-state index contributed by atoms with van der Waals surface area (Å²) < 4.78 is 0.988. The average molecular weight is 314 g/mol. The Balaban J connectivity index is 2.46. The number of hydrogen-bond donors (Lipinski definition) is 1. The van der Waals surface area contributed by atoms with Crippen molar-refractivity contribution in [3.63, 3.8) is 0 Å². The van der Waals surface area contributed by atoms with E-state index in [0.717, 1.165) is 23.0 Å². The molecule has 102 valence electrons. The van der Waals surface area contributed by atoms with Crippen molar-refractivity contribution in [1.29, 1.82) is 0 Å². The van der Waals surface area contributed by atoms with Crippen LogP contribution in [0.15, 0.2) is 28.7 Å². The first-order chi connectivity index (χ1) is 8.56. The van der Waals surface area contributed by atoms with Crippen molar-refractivity contribution >= 4 is 15.9 Å². The highest BCUT2D eigenvalue weighted by atomic mass is 79.9. The van der Waals surface area contributed by atoms with Crippen molar-refractivity contribution in [2.24, 2.45) is 0 Å². The van der Waals surface area contributed by atoms with Gasteiger partial charge in [-0.1, -0.05) is 47.5 Å². The summed E-state index contributed by atoms with van der Waals surface area (Å²) in [4.78, 5) is 2.32. The summed E-state index contributed by atoms with van der Waals surface area (Å²) in [6.07, 6.45) is 2.80. The summed E-state index contributed by atoms with van der Waals surface area (Å²) in [5.41, 5.74) is 0.981. The van der Waals surface area contributed by atoms with Crippen molar-refractivity contribution < 1.29 is 5.11 Å². The van der Waals surface area contributed by atoms with Gasteiger partial charge in [0, 0.05) is 17.1 Å². The number of rotatable bonds is 7. The van der Waals surface area contributed by atoms with Gasteiger partial charge < -0.3 is 10.0 Å². The Morgan fingerprint density at radius 3 is 2.56 bits per heavy atom. The van der Waals surface area contributed by atoms with Gasteiger partial charge in [0.1, 0.15) is 0 Å². The van der Waals surface area contributed by atoms with Crippen LogP contribution in [-0.2, 0) is 0 Å². The van der Waals surface area contributed by atoms with Crippen LogP contribution in [0.5, 0.6) is 0 Å². The van der Waals surface area contributed by atoms with Crippen molar-refractivity contribution in [3.8, 4) is 0 Å². The Hall–Kier alpha value is -0.380. The molecule has 0 aliphatic rings. The van der Waals surface area contributed by atoms with E-state index in [1.54, 1.807) is 0 Å². The molecule has 2 atom stereocenters. The molecule has 0 radical (unpaired) electrons. The molecule has 0 fully saturated rings. The summed E-state index contributed by atoms with van der Waals surface area (Å²) in [6.45, 7) is 5.37.